The number of rotatable bonds is 6. The van der Waals surface area contributed by atoms with Crippen LogP contribution in [0.2, 0.25) is 0 Å². The topological polar surface area (TPSA) is 53.6 Å². The Hall–Kier alpha value is -0.0700. The summed E-state index contributed by atoms with van der Waals surface area (Å²) < 4.78 is 5.12. The van der Waals surface area contributed by atoms with Crippen LogP contribution in [-0.4, -0.2) is 62.8 Å². The van der Waals surface area contributed by atoms with E-state index in [2.05, 4.69) is 15.5 Å². The molecule has 0 aromatic heterocycles. The first-order chi connectivity index (χ1) is 8.81. The van der Waals surface area contributed by atoms with Crippen LogP contribution in [0.1, 0.15) is 25.7 Å². The molecule has 120 valence electrons. The van der Waals surface area contributed by atoms with Gasteiger partial charge in [-0.05, 0) is 38.8 Å². The Balaban J connectivity index is 0.00000180. The first-order valence-electron chi connectivity index (χ1n) is 7.05. The molecule has 7 heteroatoms. The summed E-state index contributed by atoms with van der Waals surface area (Å²) in [7, 11) is 1.73. The predicted octanol–water partition coefficient (Wildman–Crippen LogP) is 0.809. The minimum atomic E-state index is 0. The maximum absolute atomic E-state index is 11.9. The molecule has 1 amide bonds. The Morgan fingerprint density at radius 2 is 2.15 bits per heavy atom. The third-order valence-electron chi connectivity index (χ3n) is 3.97. The summed E-state index contributed by atoms with van der Waals surface area (Å²) in [5.41, 5.74) is 0. The minimum Gasteiger partial charge on any atom is -0.383 e. The van der Waals surface area contributed by atoms with Gasteiger partial charge in [0.2, 0.25) is 5.91 Å². The number of hydrogen-bond donors (Lipinski definition) is 2. The van der Waals surface area contributed by atoms with Gasteiger partial charge < -0.3 is 15.4 Å². The number of likely N-dealkylation sites (tertiary alicyclic amines) is 1. The molecule has 2 N–H and O–H groups in total. The minimum absolute atomic E-state index is 0. The molecule has 0 aromatic rings. The lowest BCUT2D eigenvalue weighted by Gasteiger charge is -2.24. The molecule has 2 atom stereocenters. The summed E-state index contributed by atoms with van der Waals surface area (Å²) in [4.78, 5) is 14.3. The fourth-order valence-electron chi connectivity index (χ4n) is 2.88. The Bertz CT molecular complexity index is 276. The van der Waals surface area contributed by atoms with Crippen molar-refractivity contribution in [3.63, 3.8) is 0 Å². The van der Waals surface area contributed by atoms with E-state index in [-0.39, 0.29) is 36.8 Å². The van der Waals surface area contributed by atoms with Crippen molar-refractivity contribution < 1.29 is 9.53 Å². The Morgan fingerprint density at radius 1 is 1.35 bits per heavy atom. The lowest BCUT2D eigenvalue weighted by Crippen LogP contribution is -2.46. The number of nitrogens with one attached hydrogen (secondary N) is 2. The maximum Gasteiger partial charge on any atom is 0.237 e. The molecule has 0 saturated carbocycles. The van der Waals surface area contributed by atoms with Gasteiger partial charge in [0.15, 0.2) is 0 Å². The van der Waals surface area contributed by atoms with E-state index in [1.807, 2.05) is 0 Å². The molecular formula is C13H27Cl2N3O2. The molecule has 2 fully saturated rings. The van der Waals surface area contributed by atoms with Crippen molar-refractivity contribution in [2.75, 3.05) is 39.9 Å². The Labute approximate surface area is 134 Å². The number of nitrogens with zero attached hydrogens (tertiary/aromatic N) is 1. The molecule has 2 rings (SSSR count). The number of amides is 1. The molecule has 5 nitrogen and oxygen atoms in total. The number of carbonyl (C=O) groups excluding carboxylic acids is 1. The van der Waals surface area contributed by atoms with Crippen molar-refractivity contribution in [3.05, 3.63) is 0 Å². The molecule has 0 spiro atoms. The standard InChI is InChI=1S/C13H25N3O2.2ClH/c1-18-9-8-16-7-3-4-11(16)10-15-13(17)12-5-2-6-14-12;;/h11-12,14H,2-10H2,1H3,(H,15,17);2*1H. The van der Waals surface area contributed by atoms with Gasteiger partial charge >= 0.3 is 0 Å². The molecule has 0 radical (unpaired) electrons. The number of carbonyl (C=O) groups is 1. The van der Waals surface area contributed by atoms with Gasteiger partial charge in [-0.3, -0.25) is 9.69 Å². The van der Waals surface area contributed by atoms with Gasteiger partial charge in [-0.2, -0.15) is 0 Å². The molecule has 2 unspecified atom stereocenters. The fraction of sp³-hybridized carbons (Fsp3) is 0.923. The van der Waals surface area contributed by atoms with E-state index in [9.17, 15) is 4.79 Å². The summed E-state index contributed by atoms with van der Waals surface area (Å²) >= 11 is 0. The smallest absolute Gasteiger partial charge is 0.237 e. The first kappa shape index (κ1) is 19.9. The van der Waals surface area contributed by atoms with Gasteiger partial charge in [0.25, 0.3) is 0 Å². The highest BCUT2D eigenvalue weighted by molar-refractivity contribution is 5.85. The lowest BCUT2D eigenvalue weighted by atomic mass is 10.2. The quantitative estimate of drug-likeness (QED) is 0.758. The molecular weight excluding hydrogens is 301 g/mol. The SMILES string of the molecule is COCCN1CCCC1CNC(=O)C1CCCN1.Cl.Cl. The van der Waals surface area contributed by atoms with Crippen LogP contribution in [0.25, 0.3) is 0 Å². The Morgan fingerprint density at radius 3 is 2.80 bits per heavy atom. The van der Waals surface area contributed by atoms with Crippen LogP contribution in [0.15, 0.2) is 0 Å². The van der Waals surface area contributed by atoms with Gasteiger partial charge in [0.05, 0.1) is 12.6 Å². The van der Waals surface area contributed by atoms with E-state index in [1.165, 1.54) is 12.8 Å². The molecule has 2 saturated heterocycles. The third kappa shape index (κ3) is 5.74. The summed E-state index contributed by atoms with van der Waals surface area (Å²) in [5, 5.41) is 6.32. The summed E-state index contributed by atoms with van der Waals surface area (Å²) in [6.07, 6.45) is 4.50. The lowest BCUT2D eigenvalue weighted by molar-refractivity contribution is -0.123. The highest BCUT2D eigenvalue weighted by Gasteiger charge is 2.26. The molecule has 2 heterocycles. The second kappa shape index (κ2) is 10.6. The van der Waals surface area contributed by atoms with E-state index in [0.717, 1.165) is 45.6 Å². The number of methoxy groups -OCH3 is 1. The van der Waals surface area contributed by atoms with Crippen LogP contribution < -0.4 is 10.6 Å². The van der Waals surface area contributed by atoms with Crippen LogP contribution in [0.5, 0.6) is 0 Å². The van der Waals surface area contributed by atoms with Gasteiger partial charge in [-0.15, -0.1) is 24.8 Å². The maximum atomic E-state index is 11.9. The van der Waals surface area contributed by atoms with Crippen LogP contribution in [0.4, 0.5) is 0 Å². The van der Waals surface area contributed by atoms with Crippen LogP contribution in [0, 0.1) is 0 Å². The largest absolute Gasteiger partial charge is 0.383 e. The summed E-state index contributed by atoms with van der Waals surface area (Å²) in [6.45, 7) is 4.63. The monoisotopic (exact) mass is 327 g/mol. The van der Waals surface area contributed by atoms with Crippen LogP contribution in [-0.2, 0) is 9.53 Å². The van der Waals surface area contributed by atoms with Gasteiger partial charge in [-0.1, -0.05) is 0 Å². The van der Waals surface area contributed by atoms with E-state index in [0.29, 0.717) is 6.04 Å². The fourth-order valence-corrected chi connectivity index (χ4v) is 2.88. The summed E-state index contributed by atoms with van der Waals surface area (Å²) in [6, 6.07) is 0.532. The summed E-state index contributed by atoms with van der Waals surface area (Å²) in [5.74, 6) is 0.172. The molecule has 0 aromatic carbocycles. The van der Waals surface area contributed by atoms with Gasteiger partial charge in [0.1, 0.15) is 0 Å². The second-order valence-electron chi connectivity index (χ2n) is 5.22. The first-order valence-corrected chi connectivity index (χ1v) is 7.05. The van der Waals surface area contributed by atoms with Crippen molar-refractivity contribution >= 4 is 30.7 Å². The zero-order valence-corrected chi connectivity index (χ0v) is 13.7. The molecule has 2 aliphatic rings. The van der Waals surface area contributed by atoms with Gasteiger partial charge in [-0.25, -0.2) is 0 Å². The molecule has 0 aliphatic carbocycles. The normalized spacial score (nSPS) is 25.9. The Kier molecular flexibility index (Phi) is 10.6. The van der Waals surface area contributed by atoms with E-state index in [4.69, 9.17) is 4.74 Å². The molecule has 0 bridgehead atoms. The number of halogens is 2. The highest BCUT2D eigenvalue weighted by Crippen LogP contribution is 2.16. The van der Waals surface area contributed by atoms with Crippen LogP contribution in [0.3, 0.4) is 0 Å². The van der Waals surface area contributed by atoms with Crippen molar-refractivity contribution in [2.24, 2.45) is 0 Å². The third-order valence-corrected chi connectivity index (χ3v) is 3.97. The molecule has 20 heavy (non-hydrogen) atoms. The number of hydrogen-bond acceptors (Lipinski definition) is 4. The van der Waals surface area contributed by atoms with E-state index < -0.39 is 0 Å². The average Bonchev–Trinajstić information content (AvgIpc) is 3.04. The van der Waals surface area contributed by atoms with Crippen molar-refractivity contribution in [1.29, 1.82) is 0 Å². The van der Waals surface area contributed by atoms with Crippen molar-refractivity contribution in [2.45, 2.75) is 37.8 Å². The highest BCUT2D eigenvalue weighted by atomic mass is 35.5. The van der Waals surface area contributed by atoms with Crippen LogP contribution >= 0.6 is 24.8 Å². The van der Waals surface area contributed by atoms with Crippen molar-refractivity contribution in [1.82, 2.24) is 15.5 Å². The van der Waals surface area contributed by atoms with Crippen molar-refractivity contribution in [3.8, 4) is 0 Å². The predicted molar refractivity (Wildman–Crippen MR) is 85.0 cm³/mol. The zero-order valence-electron chi connectivity index (χ0n) is 12.1. The molecule has 2 aliphatic heterocycles. The second-order valence-corrected chi connectivity index (χ2v) is 5.22. The zero-order chi connectivity index (χ0) is 12.8. The number of ether oxygens (including phenoxy) is 1. The van der Waals surface area contributed by atoms with Gasteiger partial charge in [0, 0.05) is 26.2 Å². The van der Waals surface area contributed by atoms with E-state index >= 15 is 0 Å². The van der Waals surface area contributed by atoms with E-state index in [1.54, 1.807) is 7.11 Å². The average molecular weight is 328 g/mol.